The van der Waals surface area contributed by atoms with Crippen LogP contribution in [0.4, 0.5) is 0 Å². The summed E-state index contributed by atoms with van der Waals surface area (Å²) in [5, 5.41) is 0. The van der Waals surface area contributed by atoms with Crippen LogP contribution in [-0.2, 0) is 6.54 Å². The number of fused-ring (bicyclic) bond motifs is 1. The Morgan fingerprint density at radius 1 is 1.07 bits per heavy atom. The summed E-state index contributed by atoms with van der Waals surface area (Å²) in [6, 6.07) is 12.3. The largest absolute Gasteiger partial charge is 0.497 e. The number of pyridine rings is 1. The average Bonchev–Trinajstić information content (AvgIpc) is 3.08. The Kier molecular flexibility index (Phi) is 4.41. The number of benzene rings is 1. The molecule has 0 unspecified atom stereocenters. The minimum absolute atomic E-state index is 0.171. The van der Waals surface area contributed by atoms with Gasteiger partial charge in [-0.05, 0) is 29.8 Å². The van der Waals surface area contributed by atoms with E-state index in [2.05, 4.69) is 20.9 Å². The van der Waals surface area contributed by atoms with Crippen LogP contribution in [0, 0.1) is 0 Å². The lowest BCUT2D eigenvalue weighted by atomic mass is 10.2. The molecule has 27 heavy (non-hydrogen) atoms. The highest BCUT2D eigenvalue weighted by Crippen LogP contribution is 2.15. The first-order valence-electron chi connectivity index (χ1n) is 8.15. The van der Waals surface area contributed by atoms with Gasteiger partial charge in [0.15, 0.2) is 0 Å². The smallest absolute Gasteiger partial charge is 0.337 e. The number of halogens is 1. The molecule has 0 spiro atoms. The topological polar surface area (TPSA) is 70.5 Å². The van der Waals surface area contributed by atoms with Crippen molar-refractivity contribution in [3.8, 4) is 11.6 Å². The van der Waals surface area contributed by atoms with Gasteiger partial charge in [-0.3, -0.25) is 18.3 Å². The Bertz CT molecular complexity index is 1240. The van der Waals surface area contributed by atoms with Crippen LogP contribution >= 0.6 is 15.9 Å². The van der Waals surface area contributed by atoms with Crippen molar-refractivity contribution in [2.45, 2.75) is 6.54 Å². The second-order valence-electron chi connectivity index (χ2n) is 5.93. The van der Waals surface area contributed by atoms with Crippen LogP contribution in [0.3, 0.4) is 0 Å². The van der Waals surface area contributed by atoms with Gasteiger partial charge in [0.2, 0.25) is 0 Å². The molecule has 3 aromatic heterocycles. The Morgan fingerprint density at radius 2 is 1.85 bits per heavy atom. The van der Waals surface area contributed by atoms with Crippen LogP contribution in [0.15, 0.2) is 75.1 Å². The molecule has 0 aliphatic carbocycles. The van der Waals surface area contributed by atoms with Gasteiger partial charge in [0, 0.05) is 22.9 Å². The maximum absolute atomic E-state index is 13.0. The number of nitrogens with zero attached hydrogens (tertiary/aromatic N) is 4. The van der Waals surface area contributed by atoms with Gasteiger partial charge >= 0.3 is 5.69 Å². The minimum Gasteiger partial charge on any atom is -0.497 e. The summed E-state index contributed by atoms with van der Waals surface area (Å²) >= 11 is 3.40. The van der Waals surface area contributed by atoms with Crippen LogP contribution in [-0.4, -0.2) is 25.6 Å². The molecule has 0 aliphatic heterocycles. The summed E-state index contributed by atoms with van der Waals surface area (Å²) in [6.07, 6.45) is 4.89. The molecule has 0 amide bonds. The van der Waals surface area contributed by atoms with Crippen LogP contribution in [0.25, 0.3) is 11.5 Å². The zero-order chi connectivity index (χ0) is 19.0. The van der Waals surface area contributed by atoms with Crippen LogP contribution in [0.5, 0.6) is 5.75 Å². The predicted molar refractivity (Wildman–Crippen MR) is 105 cm³/mol. The molecule has 8 heteroatoms. The number of aromatic nitrogens is 4. The fraction of sp³-hybridized carbons (Fsp3) is 0.105. The molecule has 0 N–H and O–H groups in total. The standard InChI is InChI=1S/C19H15BrN4O3/c1-27-15-4-2-13(3-5-15)12-24-18(25)7-9-23(19(24)26)17-11-21-16-10-14(20)6-8-22(16)17/h2-11H,12H2,1H3. The zero-order valence-corrected chi connectivity index (χ0v) is 16.0. The van der Waals surface area contributed by atoms with E-state index in [1.165, 1.54) is 21.4 Å². The molecular weight excluding hydrogens is 412 g/mol. The minimum atomic E-state index is -0.428. The predicted octanol–water partition coefficient (Wildman–Crippen LogP) is 2.47. The van der Waals surface area contributed by atoms with Crippen LogP contribution in [0.2, 0.25) is 0 Å². The van der Waals surface area contributed by atoms with Gasteiger partial charge in [-0.15, -0.1) is 0 Å². The lowest BCUT2D eigenvalue weighted by molar-refractivity contribution is 0.414. The number of hydrogen-bond acceptors (Lipinski definition) is 4. The SMILES string of the molecule is COc1ccc(Cn2c(=O)ccn(-c3cnc4cc(Br)ccn34)c2=O)cc1. The molecule has 0 saturated heterocycles. The highest BCUT2D eigenvalue weighted by molar-refractivity contribution is 9.10. The van der Waals surface area contributed by atoms with Crippen molar-refractivity contribution in [1.82, 2.24) is 18.5 Å². The third-order valence-corrected chi connectivity index (χ3v) is 4.76. The second-order valence-corrected chi connectivity index (χ2v) is 6.85. The molecular formula is C19H15BrN4O3. The molecule has 7 nitrogen and oxygen atoms in total. The second kappa shape index (κ2) is 6.88. The Morgan fingerprint density at radius 3 is 2.59 bits per heavy atom. The number of rotatable bonds is 4. The monoisotopic (exact) mass is 426 g/mol. The molecule has 0 atom stereocenters. The van der Waals surface area contributed by atoms with E-state index in [1.54, 1.807) is 29.8 Å². The number of methoxy groups -OCH3 is 1. The van der Waals surface area contributed by atoms with E-state index >= 15 is 0 Å². The Balaban J connectivity index is 1.80. The summed E-state index contributed by atoms with van der Waals surface area (Å²) in [5.41, 5.74) is 0.737. The van der Waals surface area contributed by atoms with Gasteiger partial charge in [-0.25, -0.2) is 9.78 Å². The number of ether oxygens (including phenoxy) is 1. The summed E-state index contributed by atoms with van der Waals surface area (Å²) in [5.74, 6) is 1.28. The summed E-state index contributed by atoms with van der Waals surface area (Å²) < 4.78 is 10.4. The van der Waals surface area contributed by atoms with Crippen molar-refractivity contribution >= 4 is 21.6 Å². The summed E-state index contributed by atoms with van der Waals surface area (Å²) in [4.78, 5) is 29.6. The molecule has 4 rings (SSSR count). The highest BCUT2D eigenvalue weighted by atomic mass is 79.9. The quantitative estimate of drug-likeness (QED) is 0.502. The molecule has 0 aliphatic rings. The first-order valence-corrected chi connectivity index (χ1v) is 8.94. The van der Waals surface area contributed by atoms with E-state index in [0.717, 1.165) is 10.0 Å². The van der Waals surface area contributed by atoms with E-state index in [1.807, 2.05) is 30.5 Å². The Hall–Kier alpha value is -3.13. The maximum atomic E-state index is 13.0. The fourth-order valence-corrected chi connectivity index (χ4v) is 3.19. The van der Waals surface area contributed by atoms with Crippen LogP contribution in [0.1, 0.15) is 5.56 Å². The van der Waals surface area contributed by atoms with E-state index < -0.39 is 5.69 Å². The molecule has 1 aromatic carbocycles. The van der Waals surface area contributed by atoms with Crippen molar-refractivity contribution < 1.29 is 4.74 Å². The fourth-order valence-electron chi connectivity index (χ4n) is 2.87. The van der Waals surface area contributed by atoms with Crippen molar-refractivity contribution in [3.63, 3.8) is 0 Å². The average molecular weight is 427 g/mol. The van der Waals surface area contributed by atoms with Crippen molar-refractivity contribution in [2.24, 2.45) is 0 Å². The van der Waals surface area contributed by atoms with Gasteiger partial charge < -0.3 is 4.74 Å². The lowest BCUT2D eigenvalue weighted by Crippen LogP contribution is -2.38. The summed E-state index contributed by atoms with van der Waals surface area (Å²) in [7, 11) is 1.59. The maximum Gasteiger partial charge on any atom is 0.337 e. The van der Waals surface area contributed by atoms with Gasteiger partial charge in [-0.1, -0.05) is 28.1 Å². The highest BCUT2D eigenvalue weighted by Gasteiger charge is 2.11. The van der Waals surface area contributed by atoms with Crippen molar-refractivity contribution in [3.05, 3.63) is 91.9 Å². The molecule has 0 bridgehead atoms. The van der Waals surface area contributed by atoms with Crippen molar-refractivity contribution in [1.29, 1.82) is 0 Å². The van der Waals surface area contributed by atoms with E-state index in [0.29, 0.717) is 17.2 Å². The van der Waals surface area contributed by atoms with E-state index in [9.17, 15) is 9.59 Å². The number of imidazole rings is 1. The third kappa shape index (κ3) is 3.19. The lowest BCUT2D eigenvalue weighted by Gasteiger charge is -2.10. The normalized spacial score (nSPS) is 11.0. The Labute approximate surface area is 162 Å². The van der Waals surface area contributed by atoms with Crippen molar-refractivity contribution in [2.75, 3.05) is 7.11 Å². The molecule has 4 aromatic rings. The van der Waals surface area contributed by atoms with Crippen LogP contribution < -0.4 is 16.0 Å². The van der Waals surface area contributed by atoms with Gasteiger partial charge in [-0.2, -0.15) is 0 Å². The molecule has 0 fully saturated rings. The van der Waals surface area contributed by atoms with Gasteiger partial charge in [0.1, 0.15) is 17.2 Å². The number of hydrogen-bond donors (Lipinski definition) is 0. The molecule has 3 heterocycles. The zero-order valence-electron chi connectivity index (χ0n) is 14.4. The summed E-state index contributed by atoms with van der Waals surface area (Å²) in [6.45, 7) is 0.171. The first-order chi connectivity index (χ1) is 13.1. The first kappa shape index (κ1) is 17.3. The van der Waals surface area contributed by atoms with E-state index in [4.69, 9.17) is 4.74 Å². The third-order valence-electron chi connectivity index (χ3n) is 4.27. The van der Waals surface area contributed by atoms with Gasteiger partial charge in [0.05, 0.1) is 19.9 Å². The van der Waals surface area contributed by atoms with E-state index in [-0.39, 0.29) is 12.1 Å². The molecule has 136 valence electrons. The van der Waals surface area contributed by atoms with Gasteiger partial charge in [0.25, 0.3) is 5.56 Å². The molecule has 0 saturated carbocycles. The molecule has 0 radical (unpaired) electrons.